The second-order valence-corrected chi connectivity index (χ2v) is 5.16. The summed E-state index contributed by atoms with van der Waals surface area (Å²) >= 11 is 0. The second kappa shape index (κ2) is 5.86. The summed E-state index contributed by atoms with van der Waals surface area (Å²) in [6.07, 6.45) is 7.11. The SMILES string of the molecule is CCCOCCNCC(C1CC1)C1CC1. The van der Waals surface area contributed by atoms with Crippen molar-refractivity contribution in [2.45, 2.75) is 39.0 Å². The summed E-state index contributed by atoms with van der Waals surface area (Å²) in [4.78, 5) is 0. The fourth-order valence-electron chi connectivity index (χ4n) is 2.43. The Morgan fingerprint density at radius 1 is 1.13 bits per heavy atom. The van der Waals surface area contributed by atoms with Crippen molar-refractivity contribution >= 4 is 0 Å². The van der Waals surface area contributed by atoms with Crippen LogP contribution in [0.25, 0.3) is 0 Å². The van der Waals surface area contributed by atoms with Crippen LogP contribution in [0.3, 0.4) is 0 Å². The van der Waals surface area contributed by atoms with E-state index < -0.39 is 0 Å². The molecule has 2 fully saturated rings. The van der Waals surface area contributed by atoms with E-state index in [2.05, 4.69) is 12.2 Å². The molecule has 0 spiro atoms. The van der Waals surface area contributed by atoms with Crippen molar-refractivity contribution in [3.8, 4) is 0 Å². The molecule has 2 aliphatic carbocycles. The van der Waals surface area contributed by atoms with Crippen molar-refractivity contribution in [3.05, 3.63) is 0 Å². The van der Waals surface area contributed by atoms with Gasteiger partial charge in [-0.2, -0.15) is 0 Å². The summed E-state index contributed by atoms with van der Waals surface area (Å²) in [5.41, 5.74) is 0. The third-order valence-corrected chi connectivity index (χ3v) is 3.61. The van der Waals surface area contributed by atoms with Gasteiger partial charge in [0.15, 0.2) is 0 Å². The molecular formula is C13H25NO. The molecule has 0 bridgehead atoms. The van der Waals surface area contributed by atoms with Crippen LogP contribution < -0.4 is 5.32 Å². The number of hydrogen-bond donors (Lipinski definition) is 1. The maximum absolute atomic E-state index is 5.45. The van der Waals surface area contributed by atoms with Gasteiger partial charge in [0.2, 0.25) is 0 Å². The molecule has 0 atom stereocenters. The zero-order chi connectivity index (χ0) is 10.5. The highest BCUT2D eigenvalue weighted by molar-refractivity contribution is 4.92. The van der Waals surface area contributed by atoms with Gasteiger partial charge in [-0.05, 0) is 56.4 Å². The standard InChI is InChI=1S/C13H25NO/c1-2-8-15-9-7-14-10-13(11-3-4-11)12-5-6-12/h11-14H,2-10H2,1H3. The largest absolute Gasteiger partial charge is 0.380 e. The van der Waals surface area contributed by atoms with Crippen molar-refractivity contribution in [1.29, 1.82) is 0 Å². The molecule has 15 heavy (non-hydrogen) atoms. The van der Waals surface area contributed by atoms with Crippen molar-refractivity contribution in [1.82, 2.24) is 5.32 Å². The van der Waals surface area contributed by atoms with E-state index in [0.29, 0.717) is 0 Å². The van der Waals surface area contributed by atoms with Gasteiger partial charge in [0.05, 0.1) is 6.61 Å². The highest BCUT2D eigenvalue weighted by Crippen LogP contribution is 2.48. The minimum absolute atomic E-state index is 0.885. The summed E-state index contributed by atoms with van der Waals surface area (Å²) in [6.45, 7) is 6.23. The highest BCUT2D eigenvalue weighted by Gasteiger charge is 2.40. The Labute approximate surface area is 93.8 Å². The van der Waals surface area contributed by atoms with Crippen LogP contribution in [0.4, 0.5) is 0 Å². The van der Waals surface area contributed by atoms with E-state index in [-0.39, 0.29) is 0 Å². The first kappa shape index (κ1) is 11.4. The van der Waals surface area contributed by atoms with E-state index in [0.717, 1.165) is 43.9 Å². The van der Waals surface area contributed by atoms with Gasteiger partial charge in [0.25, 0.3) is 0 Å². The summed E-state index contributed by atoms with van der Waals surface area (Å²) in [5.74, 6) is 3.14. The van der Waals surface area contributed by atoms with Crippen LogP contribution in [0.1, 0.15) is 39.0 Å². The van der Waals surface area contributed by atoms with Crippen molar-refractivity contribution in [2.75, 3.05) is 26.3 Å². The molecule has 0 unspecified atom stereocenters. The van der Waals surface area contributed by atoms with Gasteiger partial charge in [-0.1, -0.05) is 6.92 Å². The van der Waals surface area contributed by atoms with Gasteiger partial charge in [0.1, 0.15) is 0 Å². The smallest absolute Gasteiger partial charge is 0.0590 e. The minimum atomic E-state index is 0.885. The summed E-state index contributed by atoms with van der Waals surface area (Å²) < 4.78 is 5.45. The van der Waals surface area contributed by atoms with Gasteiger partial charge in [-0.25, -0.2) is 0 Å². The third-order valence-electron chi connectivity index (χ3n) is 3.61. The van der Waals surface area contributed by atoms with Gasteiger partial charge < -0.3 is 10.1 Å². The Morgan fingerprint density at radius 3 is 2.33 bits per heavy atom. The highest BCUT2D eigenvalue weighted by atomic mass is 16.5. The topological polar surface area (TPSA) is 21.3 Å². The normalized spacial score (nSPS) is 21.2. The first-order valence-corrected chi connectivity index (χ1v) is 6.70. The van der Waals surface area contributed by atoms with Crippen molar-refractivity contribution in [3.63, 3.8) is 0 Å². The monoisotopic (exact) mass is 211 g/mol. The van der Waals surface area contributed by atoms with Gasteiger partial charge >= 0.3 is 0 Å². The van der Waals surface area contributed by atoms with Crippen LogP contribution in [-0.2, 0) is 4.74 Å². The number of rotatable bonds is 9. The fourth-order valence-corrected chi connectivity index (χ4v) is 2.43. The predicted octanol–water partition coefficient (Wildman–Crippen LogP) is 2.44. The van der Waals surface area contributed by atoms with E-state index in [1.54, 1.807) is 0 Å². The molecule has 0 aromatic heterocycles. The Balaban J connectivity index is 1.48. The molecular weight excluding hydrogens is 186 g/mol. The molecule has 0 aliphatic heterocycles. The maximum Gasteiger partial charge on any atom is 0.0590 e. The van der Waals surface area contributed by atoms with E-state index in [4.69, 9.17) is 4.74 Å². The molecule has 2 rings (SSSR count). The van der Waals surface area contributed by atoms with E-state index >= 15 is 0 Å². The molecule has 0 aromatic rings. The van der Waals surface area contributed by atoms with Crippen LogP contribution >= 0.6 is 0 Å². The van der Waals surface area contributed by atoms with Crippen LogP contribution in [0.2, 0.25) is 0 Å². The number of hydrogen-bond acceptors (Lipinski definition) is 2. The summed E-state index contributed by atoms with van der Waals surface area (Å²) in [7, 11) is 0. The Morgan fingerprint density at radius 2 is 1.80 bits per heavy atom. The molecule has 88 valence electrons. The zero-order valence-corrected chi connectivity index (χ0v) is 10.0. The van der Waals surface area contributed by atoms with E-state index in [1.165, 1.54) is 32.2 Å². The molecule has 2 aliphatic rings. The lowest BCUT2D eigenvalue weighted by atomic mass is 9.98. The van der Waals surface area contributed by atoms with Crippen LogP contribution in [0.15, 0.2) is 0 Å². The van der Waals surface area contributed by atoms with Gasteiger partial charge in [-0.3, -0.25) is 0 Å². The lowest BCUT2D eigenvalue weighted by Crippen LogP contribution is -2.28. The predicted molar refractivity (Wildman–Crippen MR) is 62.9 cm³/mol. The second-order valence-electron chi connectivity index (χ2n) is 5.16. The van der Waals surface area contributed by atoms with Crippen LogP contribution in [-0.4, -0.2) is 26.3 Å². The average Bonchev–Trinajstić information content (AvgIpc) is 3.09. The van der Waals surface area contributed by atoms with Crippen LogP contribution in [0, 0.1) is 17.8 Å². The number of nitrogens with one attached hydrogen (secondary N) is 1. The molecule has 0 amide bonds. The van der Waals surface area contributed by atoms with Gasteiger partial charge in [0, 0.05) is 13.2 Å². The minimum Gasteiger partial charge on any atom is -0.380 e. The molecule has 0 aromatic carbocycles. The Kier molecular flexibility index (Phi) is 4.45. The lowest BCUT2D eigenvalue weighted by Gasteiger charge is -2.16. The molecule has 0 saturated heterocycles. The zero-order valence-electron chi connectivity index (χ0n) is 10.0. The molecule has 0 heterocycles. The first-order valence-electron chi connectivity index (χ1n) is 6.70. The molecule has 2 nitrogen and oxygen atoms in total. The molecule has 1 N–H and O–H groups in total. The average molecular weight is 211 g/mol. The van der Waals surface area contributed by atoms with Crippen molar-refractivity contribution < 1.29 is 4.74 Å². The summed E-state index contributed by atoms with van der Waals surface area (Å²) in [5, 5.41) is 3.56. The molecule has 0 radical (unpaired) electrons. The lowest BCUT2D eigenvalue weighted by molar-refractivity contribution is 0.135. The van der Waals surface area contributed by atoms with E-state index in [1.807, 2.05) is 0 Å². The van der Waals surface area contributed by atoms with Crippen LogP contribution in [0.5, 0.6) is 0 Å². The quantitative estimate of drug-likeness (QED) is 0.591. The molecule has 2 saturated carbocycles. The fraction of sp³-hybridized carbons (Fsp3) is 1.00. The first-order chi connectivity index (χ1) is 7.42. The Bertz CT molecular complexity index is 163. The third kappa shape index (κ3) is 4.12. The van der Waals surface area contributed by atoms with Crippen molar-refractivity contribution in [2.24, 2.45) is 17.8 Å². The maximum atomic E-state index is 5.45. The Hall–Kier alpha value is -0.0800. The molecule has 2 heteroatoms. The van der Waals surface area contributed by atoms with E-state index in [9.17, 15) is 0 Å². The summed E-state index contributed by atoms with van der Waals surface area (Å²) in [6, 6.07) is 0. The number of ether oxygens (including phenoxy) is 1. The van der Waals surface area contributed by atoms with Gasteiger partial charge in [-0.15, -0.1) is 0 Å².